The molecule has 3 aromatic heterocycles. The lowest BCUT2D eigenvalue weighted by Crippen LogP contribution is -2.02. The summed E-state index contributed by atoms with van der Waals surface area (Å²) in [6.45, 7) is 0. The van der Waals surface area contributed by atoms with Crippen LogP contribution in [0.5, 0.6) is 0 Å². The Hall–Kier alpha value is -7.02. The topological polar surface area (TPSA) is 56.5 Å². The number of fused-ring (bicyclic) bond motifs is 9. The average Bonchev–Trinajstić information content (AvgIpc) is 3.84. The van der Waals surface area contributed by atoms with Gasteiger partial charge in [-0.1, -0.05) is 140 Å². The van der Waals surface area contributed by atoms with Crippen molar-refractivity contribution in [3.8, 4) is 51.2 Å². The van der Waals surface area contributed by atoms with E-state index in [1.807, 2.05) is 72.0 Å². The van der Waals surface area contributed by atoms with Gasteiger partial charge in [-0.3, -0.25) is 4.57 Å². The van der Waals surface area contributed by atoms with E-state index >= 15 is 0 Å². The molecule has 11 rings (SSSR count). The highest BCUT2D eigenvalue weighted by Crippen LogP contribution is 2.42. The van der Waals surface area contributed by atoms with Crippen LogP contribution in [0.4, 0.5) is 0 Å². The number of rotatable bonds is 5. The molecule has 0 aliphatic carbocycles. The summed E-state index contributed by atoms with van der Waals surface area (Å²) in [6.07, 6.45) is 0. The van der Waals surface area contributed by atoms with Gasteiger partial charge in [0, 0.05) is 58.9 Å². The number of imidazole rings is 1. The van der Waals surface area contributed by atoms with Gasteiger partial charge in [0.2, 0.25) is 0 Å². The summed E-state index contributed by atoms with van der Waals surface area (Å²) < 4.78 is 4.88. The van der Waals surface area contributed by atoms with Crippen LogP contribution in [0.2, 0.25) is 0 Å². The Morgan fingerprint density at radius 1 is 0.352 bits per heavy atom. The van der Waals surface area contributed by atoms with Crippen LogP contribution in [0.1, 0.15) is 0 Å². The molecule has 0 unspecified atom stereocenters. The van der Waals surface area contributed by atoms with E-state index in [1.165, 1.54) is 30.9 Å². The second kappa shape index (κ2) is 12.3. The molecule has 0 fully saturated rings. The van der Waals surface area contributed by atoms with E-state index in [9.17, 15) is 0 Å². The normalized spacial score (nSPS) is 11.7. The van der Waals surface area contributed by atoms with Crippen molar-refractivity contribution < 1.29 is 0 Å². The van der Waals surface area contributed by atoms with Crippen molar-refractivity contribution in [2.24, 2.45) is 0 Å². The molecule has 3 heterocycles. The monoisotopic (exact) mass is 707 g/mol. The van der Waals surface area contributed by atoms with Gasteiger partial charge >= 0.3 is 0 Å². The molecule has 0 atom stereocenters. The summed E-state index contributed by atoms with van der Waals surface area (Å²) in [4.78, 5) is 20.6. The van der Waals surface area contributed by atoms with Crippen LogP contribution in [0.3, 0.4) is 0 Å². The molecule has 0 amide bonds. The van der Waals surface area contributed by atoms with Crippen LogP contribution in [-0.4, -0.2) is 24.5 Å². The minimum atomic E-state index is 0.608. The maximum Gasteiger partial charge on any atom is 0.164 e. The fourth-order valence-corrected chi connectivity index (χ4v) is 8.82. The van der Waals surface area contributed by atoms with Crippen molar-refractivity contribution in [1.29, 1.82) is 0 Å². The van der Waals surface area contributed by atoms with Crippen LogP contribution >= 0.6 is 11.3 Å². The number of hydrogen-bond donors (Lipinski definition) is 0. The van der Waals surface area contributed by atoms with E-state index in [2.05, 4.69) is 120 Å². The van der Waals surface area contributed by atoms with Crippen LogP contribution in [0, 0.1) is 0 Å². The first-order chi connectivity index (χ1) is 26.8. The second-order valence-corrected chi connectivity index (χ2v) is 14.5. The molecule has 0 aliphatic rings. The summed E-state index contributed by atoms with van der Waals surface area (Å²) >= 11 is 1.83. The highest BCUT2D eigenvalue weighted by Gasteiger charge is 2.22. The fraction of sp³-hybridized carbons (Fsp3) is 0. The van der Waals surface area contributed by atoms with Gasteiger partial charge in [0.05, 0.1) is 11.0 Å². The Bertz CT molecular complexity index is 3160. The molecule has 0 radical (unpaired) electrons. The lowest BCUT2D eigenvalue weighted by atomic mass is 10.00. The number of thiophene rings is 1. The molecule has 0 spiro atoms. The molecular formula is C48H29N5S. The predicted molar refractivity (Wildman–Crippen MR) is 224 cm³/mol. The molecule has 8 aromatic carbocycles. The van der Waals surface area contributed by atoms with Crippen LogP contribution in [-0.2, 0) is 0 Å². The maximum atomic E-state index is 5.54. The standard InChI is InChI=1S/C48H29N5S/c1-3-14-30(15-4-1)45-50-46(31-16-5-2-6-17-31)52-47(51-45)32-18-13-19-34(28-32)53-44-39-24-10-8-21-36(39)35-20-7-9-23-38(35)43(44)49-48(53)33-26-27-42-40(29-33)37-22-11-12-25-41(37)54-42/h1-29H. The summed E-state index contributed by atoms with van der Waals surface area (Å²) in [5.41, 5.74) is 6.83. The third kappa shape index (κ3) is 4.92. The largest absolute Gasteiger partial charge is 0.292 e. The zero-order valence-electron chi connectivity index (χ0n) is 28.9. The number of nitrogens with zero attached hydrogens (tertiary/aromatic N) is 5. The lowest BCUT2D eigenvalue weighted by molar-refractivity contribution is 1.07. The Kier molecular flexibility index (Phi) is 6.97. The Morgan fingerprint density at radius 2 is 0.889 bits per heavy atom. The van der Waals surface area contributed by atoms with E-state index in [0.29, 0.717) is 17.5 Å². The Balaban J connectivity index is 1.19. The molecule has 252 valence electrons. The fourth-order valence-electron chi connectivity index (χ4n) is 7.74. The van der Waals surface area contributed by atoms with E-state index in [4.69, 9.17) is 19.9 Å². The zero-order chi connectivity index (χ0) is 35.6. The molecule has 0 aliphatic heterocycles. The van der Waals surface area contributed by atoms with Crippen molar-refractivity contribution in [1.82, 2.24) is 24.5 Å². The number of benzene rings is 8. The first kappa shape index (κ1) is 30.6. The van der Waals surface area contributed by atoms with Gasteiger partial charge in [0.1, 0.15) is 5.82 Å². The van der Waals surface area contributed by atoms with Gasteiger partial charge in [-0.15, -0.1) is 11.3 Å². The summed E-state index contributed by atoms with van der Waals surface area (Å²) in [5, 5.41) is 7.16. The van der Waals surface area contributed by atoms with E-state index < -0.39 is 0 Å². The molecule has 0 saturated heterocycles. The van der Waals surface area contributed by atoms with E-state index in [-0.39, 0.29) is 0 Å². The highest BCUT2D eigenvalue weighted by molar-refractivity contribution is 7.25. The van der Waals surface area contributed by atoms with Crippen molar-refractivity contribution in [2.45, 2.75) is 0 Å². The van der Waals surface area contributed by atoms with Gasteiger partial charge in [0.25, 0.3) is 0 Å². The molecular weight excluding hydrogens is 679 g/mol. The second-order valence-electron chi connectivity index (χ2n) is 13.5. The van der Waals surface area contributed by atoms with Gasteiger partial charge < -0.3 is 0 Å². The first-order valence-corrected chi connectivity index (χ1v) is 18.8. The third-order valence-electron chi connectivity index (χ3n) is 10.2. The molecule has 54 heavy (non-hydrogen) atoms. The SMILES string of the molecule is c1ccc(-c2nc(-c3ccccc3)nc(-c3cccc(-n4c(-c5ccc6sc7ccccc7c6c5)nc5c6ccccc6c6ccccc6c54)c3)n2)cc1. The molecule has 6 heteroatoms. The van der Waals surface area contributed by atoms with E-state index in [0.717, 1.165) is 55.6 Å². The van der Waals surface area contributed by atoms with Gasteiger partial charge in [-0.2, -0.15) is 0 Å². The highest BCUT2D eigenvalue weighted by atomic mass is 32.1. The molecule has 0 N–H and O–H groups in total. The summed E-state index contributed by atoms with van der Waals surface area (Å²) in [5.74, 6) is 2.75. The van der Waals surface area contributed by atoms with Crippen molar-refractivity contribution in [2.75, 3.05) is 0 Å². The molecule has 0 saturated carbocycles. The molecule has 0 bridgehead atoms. The Labute approximate surface area is 314 Å². The zero-order valence-corrected chi connectivity index (χ0v) is 29.7. The molecule has 11 aromatic rings. The van der Waals surface area contributed by atoms with Crippen LogP contribution in [0.15, 0.2) is 176 Å². The minimum Gasteiger partial charge on any atom is -0.292 e. The van der Waals surface area contributed by atoms with Gasteiger partial charge in [0.15, 0.2) is 17.5 Å². The smallest absolute Gasteiger partial charge is 0.164 e. The van der Waals surface area contributed by atoms with Crippen LogP contribution < -0.4 is 0 Å². The molecule has 5 nitrogen and oxygen atoms in total. The maximum absolute atomic E-state index is 5.54. The quantitative estimate of drug-likeness (QED) is 0.167. The van der Waals surface area contributed by atoms with Crippen molar-refractivity contribution >= 4 is 64.1 Å². The summed E-state index contributed by atoms with van der Waals surface area (Å²) in [6, 6.07) is 61.4. The number of hydrogen-bond acceptors (Lipinski definition) is 5. The van der Waals surface area contributed by atoms with Crippen molar-refractivity contribution in [3.05, 3.63) is 176 Å². The average molecular weight is 708 g/mol. The van der Waals surface area contributed by atoms with Crippen molar-refractivity contribution in [3.63, 3.8) is 0 Å². The lowest BCUT2D eigenvalue weighted by Gasteiger charge is -2.14. The first-order valence-electron chi connectivity index (χ1n) is 18.0. The van der Waals surface area contributed by atoms with Gasteiger partial charge in [-0.25, -0.2) is 19.9 Å². The minimum absolute atomic E-state index is 0.608. The summed E-state index contributed by atoms with van der Waals surface area (Å²) in [7, 11) is 0. The predicted octanol–water partition coefficient (Wildman–Crippen LogP) is 12.6. The van der Waals surface area contributed by atoms with E-state index in [1.54, 1.807) is 0 Å². The van der Waals surface area contributed by atoms with Gasteiger partial charge in [-0.05, 0) is 47.2 Å². The Morgan fingerprint density at radius 3 is 1.59 bits per heavy atom. The van der Waals surface area contributed by atoms with Crippen LogP contribution in [0.25, 0.3) is 104 Å². The number of aromatic nitrogens is 5. The third-order valence-corrected chi connectivity index (χ3v) is 11.4.